The minimum Gasteiger partial charge on any atom is -0.463 e. The van der Waals surface area contributed by atoms with Crippen LogP contribution in [-0.2, 0) is 17.4 Å². The molecule has 0 aliphatic carbocycles. The van der Waals surface area contributed by atoms with Gasteiger partial charge < -0.3 is 34.4 Å². The molecule has 6 heteroatoms. The van der Waals surface area contributed by atoms with E-state index in [1.807, 2.05) is 30.8 Å². The highest BCUT2D eigenvalue weighted by molar-refractivity contribution is 7.63. The lowest BCUT2D eigenvalue weighted by molar-refractivity contribution is -0.597. The molecule has 2 aromatic rings. The summed E-state index contributed by atoms with van der Waals surface area (Å²) in [4.78, 5) is 12.2. The number of aromatic nitrogens is 1. The molecule has 0 atom stereocenters. The summed E-state index contributed by atoms with van der Waals surface area (Å²) in [5.74, 6) is -0.419. The van der Waals surface area contributed by atoms with Crippen molar-refractivity contribution in [2.75, 3.05) is 12.3 Å². The lowest BCUT2D eigenvalue weighted by Gasteiger charge is -2.03. The Hall–Kier alpha value is -1.66. The predicted octanol–water partition coefficient (Wildman–Crippen LogP) is 2.31. The van der Waals surface area contributed by atoms with Crippen LogP contribution in [0, 0.1) is 13.8 Å². The molecule has 2 N–H and O–H groups in total. The van der Waals surface area contributed by atoms with Gasteiger partial charge in [-0.15, -0.1) is 0 Å². The summed E-state index contributed by atoms with van der Waals surface area (Å²) in [6.07, 6.45) is 3.88. The van der Waals surface area contributed by atoms with Crippen molar-refractivity contribution in [3.8, 4) is 5.69 Å². The minimum atomic E-state index is -0.419. The van der Waals surface area contributed by atoms with E-state index in [-0.39, 0.29) is 0 Å². The molecule has 106 valence electrons. The van der Waals surface area contributed by atoms with Gasteiger partial charge in [-0.3, -0.25) is 0 Å². The fraction of sp³-hybridized carbons (Fsp3) is 0.286. The smallest absolute Gasteiger partial charge is 0.331 e. The quantitative estimate of drug-likeness (QED) is 0.537. The van der Waals surface area contributed by atoms with Gasteiger partial charge in [-0.05, 0) is 31.0 Å². The zero-order valence-electron chi connectivity index (χ0n) is 11.6. The van der Waals surface area contributed by atoms with E-state index in [0.29, 0.717) is 27.1 Å². The van der Waals surface area contributed by atoms with Crippen LogP contribution in [-0.4, -0.2) is 12.6 Å². The van der Waals surface area contributed by atoms with Crippen LogP contribution in [0.3, 0.4) is 0 Å². The number of nitrogens with zero attached hydrogens (tertiary/aromatic N) is 1. The van der Waals surface area contributed by atoms with E-state index in [0.717, 1.165) is 11.1 Å². The van der Waals surface area contributed by atoms with Crippen LogP contribution in [0.2, 0.25) is 0 Å². The number of hydrogen-bond donors (Lipinski definition) is 1. The van der Waals surface area contributed by atoms with Gasteiger partial charge in [-0.1, -0.05) is 0 Å². The molecule has 0 saturated heterocycles. The highest BCUT2D eigenvalue weighted by atomic mass is 32.2. The summed E-state index contributed by atoms with van der Waals surface area (Å²) in [7, 11) is 0. The van der Waals surface area contributed by atoms with E-state index in [1.165, 1.54) is 11.3 Å². The number of thiophene rings is 1. The Bertz CT molecular complexity index is 645. The van der Waals surface area contributed by atoms with E-state index in [1.54, 1.807) is 6.92 Å². The second-order valence-electron chi connectivity index (χ2n) is 4.50. The highest BCUT2D eigenvalue weighted by Gasteiger charge is 2.21. The van der Waals surface area contributed by atoms with Crippen molar-refractivity contribution in [3.05, 3.63) is 34.5 Å². The lowest BCUT2D eigenvalue weighted by Crippen LogP contribution is -2.32. The van der Waals surface area contributed by atoms with Crippen molar-refractivity contribution in [2.24, 2.45) is 0 Å². The van der Waals surface area contributed by atoms with Crippen molar-refractivity contribution in [1.82, 2.24) is 0 Å². The second kappa shape index (κ2) is 5.76. The molecule has 2 heterocycles. The number of carbonyl (C=O) groups is 1. The number of ether oxygens (including phenoxy) is 1. The maximum atomic E-state index is 11.8. The van der Waals surface area contributed by atoms with Gasteiger partial charge in [0.15, 0.2) is 12.4 Å². The van der Waals surface area contributed by atoms with Crippen molar-refractivity contribution >= 4 is 35.6 Å². The molecule has 0 unspecified atom stereocenters. The molecule has 0 bridgehead atoms. The summed E-state index contributed by atoms with van der Waals surface area (Å²) in [6.45, 7) is 6.08. The first kappa shape index (κ1) is 14.7. The van der Waals surface area contributed by atoms with Gasteiger partial charge >= 0.3 is 5.97 Å². The number of nitrogens with two attached hydrogens (primary N) is 1. The normalized spacial score (nSPS) is 10.6. The van der Waals surface area contributed by atoms with Crippen molar-refractivity contribution in [3.63, 3.8) is 0 Å². The van der Waals surface area contributed by atoms with E-state index in [2.05, 4.69) is 6.07 Å². The minimum absolute atomic E-state index is 0.314. The largest absolute Gasteiger partial charge is 0.463 e. The Labute approximate surface area is 127 Å². The van der Waals surface area contributed by atoms with Crippen molar-refractivity contribution in [2.45, 2.75) is 25.0 Å². The number of carbonyl (C=O) groups excluding carboxylic acids is 1. The Morgan fingerprint density at radius 2 is 2.00 bits per heavy atom. The Morgan fingerprint density at radius 1 is 1.40 bits per heavy atom. The fourth-order valence-corrected chi connectivity index (χ4v) is 3.36. The number of aryl methyl sites for hydroxylation is 2. The van der Waals surface area contributed by atoms with E-state index < -0.39 is 5.97 Å². The molecule has 20 heavy (non-hydrogen) atoms. The summed E-state index contributed by atoms with van der Waals surface area (Å²) >= 11 is 6.53. The average Bonchev–Trinajstić information content (AvgIpc) is 2.64. The van der Waals surface area contributed by atoms with Gasteiger partial charge in [0.25, 0.3) is 0 Å². The van der Waals surface area contributed by atoms with Crippen LogP contribution in [0.4, 0.5) is 5.69 Å². The molecule has 0 radical (unpaired) electrons. The lowest BCUT2D eigenvalue weighted by atomic mass is 10.2. The molecule has 0 saturated carbocycles. The van der Waals surface area contributed by atoms with Crippen molar-refractivity contribution < 1.29 is 14.1 Å². The van der Waals surface area contributed by atoms with Gasteiger partial charge in [0.2, 0.25) is 5.69 Å². The zero-order valence-corrected chi connectivity index (χ0v) is 13.2. The van der Waals surface area contributed by atoms with Crippen LogP contribution in [0.5, 0.6) is 0 Å². The molecule has 0 aliphatic rings. The van der Waals surface area contributed by atoms with E-state index in [9.17, 15) is 4.79 Å². The molecule has 0 aromatic carbocycles. The Balaban J connectivity index is 2.55. The number of hydrogen-bond acceptors (Lipinski definition) is 5. The third-order valence-corrected chi connectivity index (χ3v) is 4.16. The molecule has 0 aliphatic heterocycles. The van der Waals surface area contributed by atoms with Gasteiger partial charge in [-0.2, -0.15) is 4.57 Å². The fourth-order valence-electron chi connectivity index (χ4n) is 2.05. The van der Waals surface area contributed by atoms with Crippen LogP contribution in [0.15, 0.2) is 22.7 Å². The monoisotopic (exact) mass is 308 g/mol. The summed E-state index contributed by atoms with van der Waals surface area (Å²) < 4.78 is 7.46. The molecule has 0 spiro atoms. The van der Waals surface area contributed by atoms with Gasteiger partial charge in [0.05, 0.1) is 6.61 Å². The third-order valence-electron chi connectivity index (χ3n) is 2.75. The van der Waals surface area contributed by atoms with Crippen LogP contribution >= 0.6 is 11.3 Å². The van der Waals surface area contributed by atoms with Gasteiger partial charge in [0, 0.05) is 16.0 Å². The topological polar surface area (TPSA) is 56.2 Å². The molecule has 0 amide bonds. The number of pyridine rings is 1. The molecule has 0 fully saturated rings. The Kier molecular flexibility index (Phi) is 4.25. The first-order valence-corrected chi connectivity index (χ1v) is 7.42. The molecular weight excluding hydrogens is 292 g/mol. The molecule has 2 aromatic heterocycles. The first-order valence-electron chi connectivity index (χ1n) is 6.20. The number of esters is 1. The average molecular weight is 308 g/mol. The number of anilines is 1. The second-order valence-corrected chi connectivity index (χ2v) is 6.19. The third kappa shape index (κ3) is 2.76. The number of nitrogen functional groups attached to an aromatic ring is 1. The van der Waals surface area contributed by atoms with Crippen LogP contribution in [0.25, 0.3) is 5.69 Å². The summed E-state index contributed by atoms with van der Waals surface area (Å²) in [5.41, 5.74) is 9.35. The summed E-state index contributed by atoms with van der Waals surface area (Å²) in [5, 5.41) is 0. The summed E-state index contributed by atoms with van der Waals surface area (Å²) in [6, 6.07) is 2.06. The van der Waals surface area contributed by atoms with Gasteiger partial charge in [0.1, 0.15) is 5.69 Å². The van der Waals surface area contributed by atoms with E-state index in [4.69, 9.17) is 23.1 Å². The molecule has 2 rings (SSSR count). The van der Waals surface area contributed by atoms with E-state index >= 15 is 0 Å². The van der Waals surface area contributed by atoms with Crippen LogP contribution in [0.1, 0.15) is 27.7 Å². The standard InChI is InChI=1S/C14H16N2O2S2/c1-4-18-13(17)12-10(15)11(14(19)20-12)16-6-8(2)5-9(3)7-16/h5-7H,4H2,1-3H3,(H2-,15,17,19). The van der Waals surface area contributed by atoms with Crippen LogP contribution < -0.4 is 10.3 Å². The maximum Gasteiger partial charge on any atom is 0.331 e. The van der Waals surface area contributed by atoms with Gasteiger partial charge in [-0.25, -0.2) is 4.79 Å². The maximum absolute atomic E-state index is 11.8. The SMILES string of the molecule is CCOC(=O)c1sc([S-])c(-[n+]2cc(C)cc(C)c2)c1N. The highest BCUT2D eigenvalue weighted by Crippen LogP contribution is 2.31. The molecule has 4 nitrogen and oxygen atoms in total. The van der Waals surface area contributed by atoms with Crippen molar-refractivity contribution in [1.29, 1.82) is 0 Å². The number of rotatable bonds is 3. The molecular formula is C14H16N2O2S2. The first-order chi connectivity index (χ1) is 9.43. The zero-order chi connectivity index (χ0) is 14.9. The Morgan fingerprint density at radius 3 is 2.55 bits per heavy atom. The predicted molar refractivity (Wildman–Crippen MR) is 81.3 cm³/mol.